The number of halogens is 3. The Kier molecular flexibility index (Phi) is 22.4. The van der Waals surface area contributed by atoms with Gasteiger partial charge in [0.1, 0.15) is 0 Å². The summed E-state index contributed by atoms with van der Waals surface area (Å²) in [7, 11) is 0. The van der Waals surface area contributed by atoms with Gasteiger partial charge in [0, 0.05) is 0 Å². The third kappa shape index (κ3) is 11.3. The SMILES string of the molecule is Cc1cc2cc[cH-]c2cc1C.Cc1cc2cc[cH-]c2cc1C.Cc1cc2cc[cH-]c2cc1C.[Br-].[Br-].[Br-].[Ti+2].[Ti+2].[Ti+2]. The number of hydrogen-bond acceptors (Lipinski definition) is 0. The first-order valence-corrected chi connectivity index (χ1v) is 11.7. The van der Waals surface area contributed by atoms with Crippen LogP contribution >= 0.6 is 0 Å². The van der Waals surface area contributed by atoms with E-state index in [4.69, 9.17) is 0 Å². The van der Waals surface area contributed by atoms with Gasteiger partial charge in [-0.05, 0) is 41.5 Å². The Bertz CT molecular complexity index is 1250. The van der Waals surface area contributed by atoms with Gasteiger partial charge in [0.25, 0.3) is 0 Å². The van der Waals surface area contributed by atoms with Crippen molar-refractivity contribution >= 4 is 32.3 Å². The molecule has 0 aliphatic carbocycles. The molecular formula is C33H33Br3Ti3. The zero-order chi connectivity index (χ0) is 23.5. The minimum absolute atomic E-state index is 0. The average molecular weight is 813 g/mol. The molecule has 0 N–H and O–H groups in total. The van der Waals surface area contributed by atoms with Crippen LogP contribution < -0.4 is 50.9 Å². The summed E-state index contributed by atoms with van der Waals surface area (Å²) in [6.45, 7) is 12.9. The molecule has 198 valence electrons. The molecule has 6 rings (SSSR count). The van der Waals surface area contributed by atoms with Crippen LogP contribution in [0.2, 0.25) is 0 Å². The third-order valence-corrected chi connectivity index (χ3v) is 6.75. The number of rotatable bonds is 0. The number of hydrogen-bond donors (Lipinski definition) is 0. The van der Waals surface area contributed by atoms with Gasteiger partial charge in [-0.2, -0.15) is 36.4 Å². The van der Waals surface area contributed by atoms with Crippen LogP contribution in [-0.2, 0) is 65.2 Å². The maximum atomic E-state index is 2.24. The molecule has 0 fully saturated rings. The van der Waals surface area contributed by atoms with Crippen LogP contribution in [0.3, 0.4) is 0 Å². The van der Waals surface area contributed by atoms with E-state index in [-0.39, 0.29) is 116 Å². The zero-order valence-electron chi connectivity index (χ0n) is 23.3. The van der Waals surface area contributed by atoms with E-state index >= 15 is 0 Å². The monoisotopic (exact) mass is 810 g/mol. The first-order chi connectivity index (χ1) is 15.8. The Morgan fingerprint density at radius 2 is 0.564 bits per heavy atom. The van der Waals surface area contributed by atoms with Crippen LogP contribution in [0, 0.1) is 41.5 Å². The second-order valence-electron chi connectivity index (χ2n) is 9.27. The Balaban J connectivity index is -0.000000463. The van der Waals surface area contributed by atoms with Crippen molar-refractivity contribution in [1.82, 2.24) is 0 Å². The van der Waals surface area contributed by atoms with Crippen LogP contribution in [0.4, 0.5) is 0 Å². The van der Waals surface area contributed by atoms with Crippen molar-refractivity contribution in [3.63, 3.8) is 0 Å². The molecule has 6 aromatic carbocycles. The molecular weight excluding hydrogens is 780 g/mol. The van der Waals surface area contributed by atoms with E-state index in [0.29, 0.717) is 0 Å². The molecule has 0 heterocycles. The molecule has 0 spiro atoms. The van der Waals surface area contributed by atoms with Gasteiger partial charge in [-0.25, -0.2) is 0 Å². The van der Waals surface area contributed by atoms with Gasteiger partial charge in [0.05, 0.1) is 0 Å². The summed E-state index contributed by atoms with van der Waals surface area (Å²) in [5.41, 5.74) is 8.27. The Hall–Kier alpha value is 0.0729. The van der Waals surface area contributed by atoms with Gasteiger partial charge >= 0.3 is 65.2 Å². The van der Waals surface area contributed by atoms with Crippen molar-refractivity contribution in [2.45, 2.75) is 41.5 Å². The van der Waals surface area contributed by atoms with Crippen molar-refractivity contribution < 1.29 is 116 Å². The van der Waals surface area contributed by atoms with E-state index in [1.807, 2.05) is 0 Å². The van der Waals surface area contributed by atoms with Crippen molar-refractivity contribution in [2.24, 2.45) is 0 Å². The number of aryl methyl sites for hydroxylation is 6. The van der Waals surface area contributed by atoms with Crippen LogP contribution in [0.5, 0.6) is 0 Å². The van der Waals surface area contributed by atoms with Crippen molar-refractivity contribution in [3.05, 3.63) is 124 Å². The predicted octanol–water partition coefficient (Wildman–Crippen LogP) is 0.531. The normalized spacial score (nSPS) is 9.08. The Morgan fingerprint density at radius 3 is 0.795 bits per heavy atom. The van der Waals surface area contributed by atoms with Crippen molar-refractivity contribution in [2.75, 3.05) is 0 Å². The first kappa shape index (κ1) is 43.5. The minimum atomic E-state index is 0. The minimum Gasteiger partial charge on any atom is -1.00 e. The van der Waals surface area contributed by atoms with Crippen LogP contribution in [0.25, 0.3) is 32.3 Å². The van der Waals surface area contributed by atoms with E-state index < -0.39 is 0 Å². The number of fused-ring (bicyclic) bond motifs is 3. The van der Waals surface area contributed by atoms with Crippen molar-refractivity contribution in [1.29, 1.82) is 0 Å². The average Bonchev–Trinajstić information content (AvgIpc) is 3.52. The molecule has 0 atom stereocenters. The molecule has 0 radical (unpaired) electrons. The topological polar surface area (TPSA) is 0 Å². The summed E-state index contributed by atoms with van der Waals surface area (Å²) in [5, 5.41) is 8.13. The van der Waals surface area contributed by atoms with E-state index in [0.717, 1.165) is 0 Å². The van der Waals surface area contributed by atoms with E-state index in [1.54, 1.807) is 0 Å². The zero-order valence-corrected chi connectivity index (χ0v) is 32.7. The van der Waals surface area contributed by atoms with Gasteiger partial charge in [0.15, 0.2) is 0 Å². The van der Waals surface area contributed by atoms with Gasteiger partial charge in [0.2, 0.25) is 0 Å². The molecule has 6 aromatic rings. The fraction of sp³-hybridized carbons (Fsp3) is 0.182. The molecule has 0 amide bonds. The van der Waals surface area contributed by atoms with E-state index in [1.165, 1.54) is 65.7 Å². The molecule has 0 aliphatic rings. The predicted molar refractivity (Wildman–Crippen MR) is 147 cm³/mol. The summed E-state index contributed by atoms with van der Waals surface area (Å²) in [6.07, 6.45) is 0. The summed E-state index contributed by atoms with van der Waals surface area (Å²) >= 11 is 0. The molecule has 0 aromatic heterocycles. The molecule has 0 saturated carbocycles. The van der Waals surface area contributed by atoms with Gasteiger partial charge < -0.3 is 50.9 Å². The van der Waals surface area contributed by atoms with Gasteiger partial charge in [-0.1, -0.05) is 33.4 Å². The maximum Gasteiger partial charge on any atom is 2.00 e. The van der Waals surface area contributed by atoms with Gasteiger partial charge in [-0.3, -0.25) is 0 Å². The largest absolute Gasteiger partial charge is 2.00 e. The second-order valence-corrected chi connectivity index (χ2v) is 9.27. The smallest absolute Gasteiger partial charge is 1.00 e. The molecule has 0 bridgehead atoms. The molecule has 0 saturated heterocycles. The summed E-state index contributed by atoms with van der Waals surface area (Å²) in [6, 6.07) is 32.7. The first-order valence-electron chi connectivity index (χ1n) is 11.7. The molecule has 0 unspecified atom stereocenters. The third-order valence-electron chi connectivity index (χ3n) is 6.75. The maximum absolute atomic E-state index is 2.24. The Labute approximate surface area is 310 Å². The second kappa shape index (κ2) is 20.1. The summed E-state index contributed by atoms with van der Waals surface area (Å²) in [5.74, 6) is 0. The standard InChI is InChI=1S/3C11H11.3BrH.3Ti/c3*1-8-6-10-4-3-5-11(10)7-9(8)2;;;;;;/h3*3-7H,1-2H3;3*1H;;;/q3*-1;;;;3*+2/p-3. The fourth-order valence-electron chi connectivity index (χ4n) is 4.21. The van der Waals surface area contributed by atoms with Crippen LogP contribution in [0.15, 0.2) is 91.0 Å². The molecule has 0 aliphatic heterocycles. The molecule has 6 heteroatoms. The number of benzene rings is 3. The molecule has 0 nitrogen and oxygen atoms in total. The van der Waals surface area contributed by atoms with Gasteiger partial charge in [-0.15, -0.1) is 86.9 Å². The summed E-state index contributed by atoms with van der Waals surface area (Å²) in [4.78, 5) is 0. The fourth-order valence-corrected chi connectivity index (χ4v) is 4.21. The van der Waals surface area contributed by atoms with E-state index in [9.17, 15) is 0 Å². The van der Waals surface area contributed by atoms with Crippen molar-refractivity contribution in [3.8, 4) is 0 Å². The van der Waals surface area contributed by atoms with E-state index in [2.05, 4.69) is 133 Å². The van der Waals surface area contributed by atoms with Crippen LogP contribution in [-0.4, -0.2) is 0 Å². The molecule has 39 heavy (non-hydrogen) atoms. The van der Waals surface area contributed by atoms with Crippen LogP contribution in [0.1, 0.15) is 33.4 Å². The summed E-state index contributed by atoms with van der Waals surface area (Å²) < 4.78 is 0. The quantitative estimate of drug-likeness (QED) is 0.155. The Morgan fingerprint density at radius 1 is 0.359 bits per heavy atom.